The second-order valence-electron chi connectivity index (χ2n) is 38.9. The van der Waals surface area contributed by atoms with E-state index in [2.05, 4.69) is 610 Å². The van der Waals surface area contributed by atoms with E-state index in [0.29, 0.717) is 0 Å². The number of fused-ring (bicyclic) bond motifs is 21. The third kappa shape index (κ3) is 15.3. The van der Waals surface area contributed by atoms with Crippen LogP contribution in [0.15, 0.2) is 582 Å². The van der Waals surface area contributed by atoms with E-state index >= 15 is 0 Å². The molecule has 30 aromatic rings. The van der Waals surface area contributed by atoms with Crippen LogP contribution in [0, 0.1) is 0 Å². The standard InChI is InChI=1S/3C48H32N2/c1-3-13-33(14-4-1)35-25-27-39(28-26-35)49-45-24-10-8-22-43(45)47-46(49)30-29-42-41-21-7-9-23-44(41)50(48(42)47)40-20-12-19-38(32-40)37-18-11-17-36(31-37)34-15-5-2-6-16-34;1-3-12-33(13-4-1)35-22-24-37(25-23-35)38-16-11-17-40(32-38)50-44-20-9-7-18-41(44)42-30-31-46-47(48(42)50)43-19-8-10-21-45(43)49(46)39-28-26-36(27-29-39)34-14-5-2-6-15-34;1-3-14-33(15-4-1)34-26-28-37(29-27-34)49-45-25-12-10-23-43(45)47-46(49)31-30-42-41-22-9-11-24-44(41)50(48(42)47)38-19-13-18-36(32-38)40-21-8-7-20-39(40)35-16-5-2-6-17-35/h3*1-32H. The molecule has 6 aromatic heterocycles. The molecule has 0 radical (unpaired) electrons. The van der Waals surface area contributed by atoms with Crippen LogP contribution in [0.1, 0.15) is 0 Å². The van der Waals surface area contributed by atoms with Gasteiger partial charge >= 0.3 is 0 Å². The van der Waals surface area contributed by atoms with Gasteiger partial charge in [-0.15, -0.1) is 0 Å². The molecule has 0 N–H and O–H groups in total. The summed E-state index contributed by atoms with van der Waals surface area (Å²) in [6, 6.07) is 211. The number of hydrogen-bond acceptors (Lipinski definition) is 0. The Morgan fingerprint density at radius 1 is 0.0933 bits per heavy atom. The van der Waals surface area contributed by atoms with Gasteiger partial charge in [-0.25, -0.2) is 0 Å². The van der Waals surface area contributed by atoms with Gasteiger partial charge in [0.25, 0.3) is 0 Å². The number of hydrogen-bond donors (Lipinski definition) is 0. The van der Waals surface area contributed by atoms with Crippen molar-refractivity contribution in [2.45, 2.75) is 0 Å². The number of nitrogens with zero attached hydrogens (tertiary/aromatic N) is 6. The van der Waals surface area contributed by atoms with Gasteiger partial charge in [0.15, 0.2) is 0 Å². The van der Waals surface area contributed by atoms with Crippen molar-refractivity contribution in [1.29, 1.82) is 0 Å². The molecule has 702 valence electrons. The maximum absolute atomic E-state index is 2.48. The van der Waals surface area contributed by atoms with Crippen molar-refractivity contribution in [3.8, 4) is 134 Å². The molecule has 0 bridgehead atoms. The quantitative estimate of drug-likeness (QED) is 0.0979. The van der Waals surface area contributed by atoms with E-state index in [-0.39, 0.29) is 0 Å². The number of aromatic nitrogens is 6. The molecule has 0 saturated carbocycles. The van der Waals surface area contributed by atoms with Gasteiger partial charge in [0.05, 0.1) is 66.2 Å². The molecule has 0 spiro atoms. The summed E-state index contributed by atoms with van der Waals surface area (Å²) in [6.45, 7) is 0. The van der Waals surface area contributed by atoms with E-state index in [9.17, 15) is 0 Å². The van der Waals surface area contributed by atoms with E-state index in [1.165, 1.54) is 231 Å². The van der Waals surface area contributed by atoms with Gasteiger partial charge < -0.3 is 27.4 Å². The second kappa shape index (κ2) is 37.4. The number of benzene rings is 24. The Balaban J connectivity index is 0.000000108. The van der Waals surface area contributed by atoms with Gasteiger partial charge in [-0.2, -0.15) is 0 Å². The highest BCUT2D eigenvalue weighted by atomic mass is 15.0. The molecule has 6 heterocycles. The van der Waals surface area contributed by atoms with Crippen molar-refractivity contribution in [1.82, 2.24) is 27.4 Å². The van der Waals surface area contributed by atoms with Crippen molar-refractivity contribution >= 4 is 131 Å². The Morgan fingerprint density at radius 2 is 0.293 bits per heavy atom. The molecular weight excluding hydrogens is 1810 g/mol. The monoisotopic (exact) mass is 1910 g/mol. The SMILES string of the molecule is c1ccc(-c2ccc(-c3cccc(-n4c5ccccc5c5ccc6c(c7ccccc7n6-c6ccc(-c7ccccc7)cc6)c54)c3)cc2)cc1.c1ccc(-c2ccc(-n3c4ccccc4c4c3ccc3c5ccccc5n(-c5cccc(-c6cccc(-c7ccccc7)c6)c5)c34)cc2)cc1.c1ccc(-c2ccc(-n3c4ccccc4c4c3ccc3c5ccccc5n(-c5cccc(-c6ccccc6-c6ccccc6)c5)c34)cc2)cc1. The lowest BCUT2D eigenvalue weighted by molar-refractivity contribution is 1.17. The van der Waals surface area contributed by atoms with Crippen molar-refractivity contribution in [2.24, 2.45) is 0 Å². The van der Waals surface area contributed by atoms with Crippen molar-refractivity contribution in [3.63, 3.8) is 0 Å². The average molecular weight is 1910 g/mol. The Labute approximate surface area is 868 Å². The highest BCUT2D eigenvalue weighted by molar-refractivity contribution is 6.29. The molecule has 24 aromatic carbocycles. The zero-order valence-corrected chi connectivity index (χ0v) is 82.1. The van der Waals surface area contributed by atoms with Crippen LogP contribution < -0.4 is 0 Å². The average Bonchev–Trinajstić information content (AvgIpc) is 1.55. The molecular formula is C144H96N6. The first kappa shape index (κ1) is 87.8. The third-order valence-corrected chi connectivity index (χ3v) is 30.4. The molecule has 0 aliphatic heterocycles. The topological polar surface area (TPSA) is 29.6 Å². The van der Waals surface area contributed by atoms with Gasteiger partial charge in [-0.1, -0.05) is 449 Å². The summed E-state index contributed by atoms with van der Waals surface area (Å²) < 4.78 is 14.7. The molecule has 0 unspecified atom stereocenters. The van der Waals surface area contributed by atoms with Gasteiger partial charge in [-0.05, 0) is 234 Å². The van der Waals surface area contributed by atoms with Crippen LogP contribution in [0.4, 0.5) is 0 Å². The zero-order valence-electron chi connectivity index (χ0n) is 82.1. The predicted octanol–water partition coefficient (Wildman–Crippen LogP) is 38.6. The fourth-order valence-corrected chi connectivity index (χ4v) is 23.5. The van der Waals surface area contributed by atoms with Crippen LogP contribution in [-0.4, -0.2) is 27.4 Å². The summed E-state index contributed by atoms with van der Waals surface area (Å²) in [5, 5.41) is 15.1. The van der Waals surface area contributed by atoms with Crippen LogP contribution in [0.2, 0.25) is 0 Å². The van der Waals surface area contributed by atoms with Gasteiger partial charge in [-0.3, -0.25) is 0 Å². The second-order valence-corrected chi connectivity index (χ2v) is 38.9. The first-order valence-electron chi connectivity index (χ1n) is 51.6. The molecule has 150 heavy (non-hydrogen) atoms. The van der Waals surface area contributed by atoms with Crippen LogP contribution in [0.5, 0.6) is 0 Å². The highest BCUT2D eigenvalue weighted by Gasteiger charge is 2.27. The minimum absolute atomic E-state index is 1.15. The minimum atomic E-state index is 1.15. The van der Waals surface area contributed by atoms with E-state index in [0.717, 1.165) is 34.1 Å². The lowest BCUT2D eigenvalue weighted by Gasteiger charge is -2.14. The van der Waals surface area contributed by atoms with Crippen LogP contribution in [-0.2, 0) is 0 Å². The number of para-hydroxylation sites is 6. The summed E-state index contributed by atoms with van der Waals surface area (Å²) in [5.74, 6) is 0. The van der Waals surface area contributed by atoms with E-state index < -0.39 is 0 Å². The van der Waals surface area contributed by atoms with Gasteiger partial charge in [0.1, 0.15) is 0 Å². The predicted molar refractivity (Wildman–Crippen MR) is 634 cm³/mol. The summed E-state index contributed by atoms with van der Waals surface area (Å²) in [6.07, 6.45) is 0. The summed E-state index contributed by atoms with van der Waals surface area (Å²) in [4.78, 5) is 0. The van der Waals surface area contributed by atoms with Crippen molar-refractivity contribution in [2.75, 3.05) is 0 Å². The molecule has 0 saturated heterocycles. The van der Waals surface area contributed by atoms with Gasteiger partial charge in [0.2, 0.25) is 0 Å². The Bertz CT molecular complexity index is 10400. The summed E-state index contributed by atoms with van der Waals surface area (Å²) >= 11 is 0. The first-order valence-corrected chi connectivity index (χ1v) is 51.6. The molecule has 0 aliphatic carbocycles. The molecule has 0 fully saturated rings. The normalized spacial score (nSPS) is 11.6. The summed E-state index contributed by atoms with van der Waals surface area (Å²) in [5.41, 5.74) is 43.3. The van der Waals surface area contributed by atoms with E-state index in [1.807, 2.05) is 0 Å². The fraction of sp³-hybridized carbons (Fsp3) is 0. The Kier molecular flexibility index (Phi) is 21.9. The van der Waals surface area contributed by atoms with Crippen LogP contribution in [0.25, 0.3) is 265 Å². The molecule has 30 rings (SSSR count). The molecule has 6 nitrogen and oxygen atoms in total. The fourth-order valence-electron chi connectivity index (χ4n) is 23.5. The molecule has 6 heteroatoms. The molecule has 0 atom stereocenters. The van der Waals surface area contributed by atoms with Gasteiger partial charge in [0, 0.05) is 98.8 Å². The largest absolute Gasteiger partial charge is 0.309 e. The molecule has 0 aliphatic rings. The van der Waals surface area contributed by atoms with E-state index in [4.69, 9.17) is 0 Å². The Morgan fingerprint density at radius 3 is 0.613 bits per heavy atom. The minimum Gasteiger partial charge on any atom is -0.309 e. The van der Waals surface area contributed by atoms with Crippen molar-refractivity contribution in [3.05, 3.63) is 582 Å². The first-order chi connectivity index (χ1) is 74.5. The maximum atomic E-state index is 2.48. The highest BCUT2D eigenvalue weighted by Crippen LogP contribution is 2.49. The lowest BCUT2D eigenvalue weighted by Crippen LogP contribution is -1.96. The maximum Gasteiger partial charge on any atom is 0.0641 e. The smallest absolute Gasteiger partial charge is 0.0641 e. The van der Waals surface area contributed by atoms with Crippen molar-refractivity contribution < 1.29 is 0 Å². The zero-order chi connectivity index (χ0) is 99.1. The Hall–Kier alpha value is -19.9. The lowest BCUT2D eigenvalue weighted by atomic mass is 9.94. The third-order valence-electron chi connectivity index (χ3n) is 30.4. The van der Waals surface area contributed by atoms with Crippen LogP contribution >= 0.6 is 0 Å². The van der Waals surface area contributed by atoms with Crippen LogP contribution in [0.3, 0.4) is 0 Å². The molecule has 0 amide bonds. The van der Waals surface area contributed by atoms with E-state index in [1.54, 1.807) is 0 Å². The number of rotatable bonds is 15. The summed E-state index contributed by atoms with van der Waals surface area (Å²) in [7, 11) is 0.